The molecule has 0 aliphatic rings. The summed E-state index contributed by atoms with van der Waals surface area (Å²) in [7, 11) is 0. The topological polar surface area (TPSA) is 12.0 Å². The van der Waals surface area contributed by atoms with Gasteiger partial charge in [0.25, 0.3) is 0 Å². The lowest BCUT2D eigenvalue weighted by molar-refractivity contribution is 1.08. The molecule has 2 aromatic carbocycles. The number of hydrogen-bond acceptors (Lipinski definition) is 1. The molecule has 0 saturated heterocycles. The van der Waals surface area contributed by atoms with Crippen molar-refractivity contribution in [3.63, 3.8) is 0 Å². The average Bonchev–Trinajstić information content (AvgIpc) is 2.55. The highest BCUT2D eigenvalue weighted by molar-refractivity contribution is 5.89. The quantitative estimate of drug-likeness (QED) is 0.699. The van der Waals surface area contributed by atoms with Gasteiger partial charge in [0.05, 0.1) is 0 Å². The van der Waals surface area contributed by atoms with Crippen LogP contribution in [0.15, 0.2) is 42.0 Å². The van der Waals surface area contributed by atoms with Crippen LogP contribution in [-0.4, -0.2) is 6.54 Å². The Morgan fingerprint density at radius 3 is 2.13 bits per heavy atom. The molecule has 0 aromatic heterocycles. The van der Waals surface area contributed by atoms with E-state index in [9.17, 15) is 0 Å². The smallest absolute Gasteiger partial charge is 0.0452 e. The molecule has 0 amide bonds. The first kappa shape index (κ1) is 17.3. The molecule has 0 radical (unpaired) electrons. The van der Waals surface area contributed by atoms with Crippen LogP contribution in [0.5, 0.6) is 0 Å². The monoisotopic (exact) mass is 307 g/mol. The molecule has 0 aliphatic heterocycles. The third kappa shape index (κ3) is 3.50. The van der Waals surface area contributed by atoms with E-state index in [4.69, 9.17) is 0 Å². The molecule has 0 saturated carbocycles. The summed E-state index contributed by atoms with van der Waals surface area (Å²) in [6.45, 7) is 14.2. The van der Waals surface area contributed by atoms with Gasteiger partial charge in [0.15, 0.2) is 0 Å². The molecule has 0 fully saturated rings. The van der Waals surface area contributed by atoms with Crippen molar-refractivity contribution < 1.29 is 0 Å². The number of anilines is 1. The van der Waals surface area contributed by atoms with Gasteiger partial charge in [-0.05, 0) is 74.9 Å². The summed E-state index contributed by atoms with van der Waals surface area (Å²) in [6.07, 6.45) is 1.07. The number of hydrogen-bond donors (Lipinski definition) is 1. The maximum Gasteiger partial charge on any atom is 0.0452 e. The summed E-state index contributed by atoms with van der Waals surface area (Å²) < 4.78 is 0. The van der Waals surface area contributed by atoms with Crippen LogP contribution in [0.2, 0.25) is 0 Å². The Hall–Kier alpha value is -2.02. The molecule has 1 N–H and O–H groups in total. The largest absolute Gasteiger partial charge is 0.385 e. The van der Waals surface area contributed by atoms with Crippen LogP contribution in [0.4, 0.5) is 5.69 Å². The predicted octanol–water partition coefficient (Wildman–Crippen LogP) is 6.14. The number of nitrogens with one attached hydrogen (secondary N) is 1. The molecule has 2 aromatic rings. The van der Waals surface area contributed by atoms with Crippen molar-refractivity contribution in [3.05, 3.63) is 69.8 Å². The normalized spacial score (nSPS) is 10.5. The van der Waals surface area contributed by atoms with Gasteiger partial charge >= 0.3 is 0 Å². The summed E-state index contributed by atoms with van der Waals surface area (Å²) in [5.41, 5.74) is 10.8. The minimum atomic E-state index is 0.934. The molecule has 0 bridgehead atoms. The van der Waals surface area contributed by atoms with E-state index in [2.05, 4.69) is 83.3 Å². The molecule has 0 heterocycles. The van der Waals surface area contributed by atoms with Crippen molar-refractivity contribution >= 4 is 11.3 Å². The van der Waals surface area contributed by atoms with E-state index in [0.29, 0.717) is 0 Å². The summed E-state index contributed by atoms with van der Waals surface area (Å²) in [5, 5.41) is 3.61. The molecule has 122 valence electrons. The van der Waals surface area contributed by atoms with Crippen molar-refractivity contribution in [1.29, 1.82) is 0 Å². The van der Waals surface area contributed by atoms with E-state index >= 15 is 0 Å². The van der Waals surface area contributed by atoms with Crippen LogP contribution in [0.3, 0.4) is 0 Å². The van der Waals surface area contributed by atoms with E-state index < -0.39 is 0 Å². The van der Waals surface area contributed by atoms with Gasteiger partial charge in [-0.1, -0.05) is 42.8 Å². The summed E-state index contributed by atoms with van der Waals surface area (Å²) in [5.74, 6) is 0. The van der Waals surface area contributed by atoms with Crippen molar-refractivity contribution in [2.75, 3.05) is 11.9 Å². The zero-order valence-corrected chi connectivity index (χ0v) is 15.4. The molecule has 2 rings (SSSR count). The zero-order valence-electron chi connectivity index (χ0n) is 15.4. The fourth-order valence-electron chi connectivity index (χ4n) is 3.27. The number of benzene rings is 2. The second-order valence-electron chi connectivity index (χ2n) is 6.33. The minimum absolute atomic E-state index is 0.934. The second-order valence-corrected chi connectivity index (χ2v) is 6.33. The SMILES string of the molecule is CCNc1c(C(=C(C)C)c2ccccc2)cc(CC)c(C)c1C. The number of allylic oxidation sites excluding steroid dienone is 1. The Morgan fingerprint density at radius 2 is 1.61 bits per heavy atom. The van der Waals surface area contributed by atoms with Crippen LogP contribution < -0.4 is 5.32 Å². The van der Waals surface area contributed by atoms with Gasteiger partial charge in [-0.15, -0.1) is 0 Å². The maximum atomic E-state index is 3.61. The fraction of sp³-hybridized carbons (Fsp3) is 0.364. The Balaban J connectivity index is 2.78. The van der Waals surface area contributed by atoms with E-state index in [0.717, 1.165) is 13.0 Å². The van der Waals surface area contributed by atoms with E-state index in [-0.39, 0.29) is 0 Å². The van der Waals surface area contributed by atoms with Crippen LogP contribution in [0.1, 0.15) is 55.5 Å². The molecule has 1 heteroatoms. The molecule has 23 heavy (non-hydrogen) atoms. The summed E-state index contributed by atoms with van der Waals surface area (Å²) in [6, 6.07) is 13.1. The average molecular weight is 307 g/mol. The van der Waals surface area contributed by atoms with Gasteiger partial charge in [0.2, 0.25) is 0 Å². The Bertz CT molecular complexity index is 704. The summed E-state index contributed by atoms with van der Waals surface area (Å²) in [4.78, 5) is 0. The van der Waals surface area contributed by atoms with Crippen LogP contribution >= 0.6 is 0 Å². The third-order valence-corrected chi connectivity index (χ3v) is 4.57. The number of aryl methyl sites for hydroxylation is 1. The molecule has 1 nitrogen and oxygen atoms in total. The van der Waals surface area contributed by atoms with Gasteiger partial charge < -0.3 is 5.32 Å². The molecular weight excluding hydrogens is 278 g/mol. The van der Waals surface area contributed by atoms with Crippen LogP contribution in [-0.2, 0) is 6.42 Å². The third-order valence-electron chi connectivity index (χ3n) is 4.57. The highest BCUT2D eigenvalue weighted by Crippen LogP contribution is 2.37. The van der Waals surface area contributed by atoms with Crippen molar-refractivity contribution in [2.45, 2.75) is 48.0 Å². The Kier molecular flexibility index (Phi) is 5.65. The molecule has 0 atom stereocenters. The standard InChI is InChI=1S/C22H29N/c1-7-18-14-20(22(23-8-2)17(6)16(18)5)21(15(3)4)19-12-10-9-11-13-19/h9-14,23H,7-8H2,1-6H3. The second kappa shape index (κ2) is 7.50. The van der Waals surface area contributed by atoms with E-state index in [1.807, 2.05) is 0 Å². The van der Waals surface area contributed by atoms with Gasteiger partial charge in [-0.25, -0.2) is 0 Å². The predicted molar refractivity (Wildman–Crippen MR) is 103 cm³/mol. The van der Waals surface area contributed by atoms with E-state index in [1.54, 1.807) is 0 Å². The Morgan fingerprint density at radius 1 is 0.957 bits per heavy atom. The maximum absolute atomic E-state index is 3.61. The lowest BCUT2D eigenvalue weighted by Crippen LogP contribution is -2.07. The summed E-state index contributed by atoms with van der Waals surface area (Å²) >= 11 is 0. The highest BCUT2D eigenvalue weighted by Gasteiger charge is 2.16. The lowest BCUT2D eigenvalue weighted by Gasteiger charge is -2.22. The number of rotatable bonds is 5. The van der Waals surface area contributed by atoms with Gasteiger partial charge in [0.1, 0.15) is 0 Å². The van der Waals surface area contributed by atoms with Gasteiger partial charge in [0, 0.05) is 17.8 Å². The van der Waals surface area contributed by atoms with Crippen molar-refractivity contribution in [1.82, 2.24) is 0 Å². The molecule has 0 aliphatic carbocycles. The van der Waals surface area contributed by atoms with Crippen molar-refractivity contribution in [2.24, 2.45) is 0 Å². The van der Waals surface area contributed by atoms with E-state index in [1.165, 1.54) is 44.7 Å². The van der Waals surface area contributed by atoms with Crippen molar-refractivity contribution in [3.8, 4) is 0 Å². The highest BCUT2D eigenvalue weighted by atomic mass is 14.9. The van der Waals surface area contributed by atoms with Gasteiger partial charge in [-0.3, -0.25) is 0 Å². The molecular formula is C22H29N. The van der Waals surface area contributed by atoms with Crippen LogP contribution in [0, 0.1) is 13.8 Å². The minimum Gasteiger partial charge on any atom is -0.385 e. The fourth-order valence-corrected chi connectivity index (χ4v) is 3.27. The first-order valence-electron chi connectivity index (χ1n) is 8.61. The van der Waals surface area contributed by atoms with Crippen LogP contribution in [0.25, 0.3) is 5.57 Å². The zero-order chi connectivity index (χ0) is 17.0. The Labute approximate surface area is 141 Å². The van der Waals surface area contributed by atoms with Gasteiger partial charge in [-0.2, -0.15) is 0 Å². The first-order valence-corrected chi connectivity index (χ1v) is 8.61. The lowest BCUT2D eigenvalue weighted by atomic mass is 9.87. The first-order chi connectivity index (χ1) is 11.0. The molecule has 0 spiro atoms. The molecule has 0 unspecified atom stereocenters.